The topological polar surface area (TPSA) is 20.3 Å². The normalized spacial score (nSPS) is 13.9. The van der Waals surface area contributed by atoms with Gasteiger partial charge < -0.3 is 4.90 Å². The van der Waals surface area contributed by atoms with Gasteiger partial charge in [-0.25, -0.2) is 0 Å². The number of benzene rings is 2. The van der Waals surface area contributed by atoms with E-state index in [1.807, 2.05) is 23.1 Å². The van der Waals surface area contributed by atoms with Gasteiger partial charge in [-0.15, -0.1) is 0 Å². The molecule has 1 amide bonds. The van der Waals surface area contributed by atoms with Crippen molar-refractivity contribution in [3.05, 3.63) is 69.7 Å². The number of carbonyl (C=O) groups excluding carboxylic acids is 1. The maximum absolute atomic E-state index is 12.6. The summed E-state index contributed by atoms with van der Waals surface area (Å²) in [6.45, 7) is 3.42. The Morgan fingerprint density at radius 2 is 1.86 bits per heavy atom. The van der Waals surface area contributed by atoms with Crippen LogP contribution in [0.3, 0.4) is 0 Å². The summed E-state index contributed by atoms with van der Waals surface area (Å²) in [5.41, 5.74) is 3.57. The van der Waals surface area contributed by atoms with Crippen molar-refractivity contribution in [2.75, 3.05) is 0 Å². The summed E-state index contributed by atoms with van der Waals surface area (Å²) in [7, 11) is 0. The first-order valence-electron chi connectivity index (χ1n) is 7.71. The van der Waals surface area contributed by atoms with Crippen LogP contribution in [0.5, 0.6) is 0 Å². The molecule has 22 heavy (non-hydrogen) atoms. The molecular formula is C19H20BrNO. The summed E-state index contributed by atoms with van der Waals surface area (Å²) in [5, 5.41) is 0. The summed E-state index contributed by atoms with van der Waals surface area (Å²) in [6.07, 6.45) is 2.08. The minimum atomic E-state index is 0.243. The van der Waals surface area contributed by atoms with Crippen LogP contribution < -0.4 is 0 Å². The number of hydrogen-bond donors (Lipinski definition) is 0. The van der Waals surface area contributed by atoms with Gasteiger partial charge in [-0.05, 0) is 37.0 Å². The van der Waals surface area contributed by atoms with Crippen LogP contribution in [0.25, 0.3) is 0 Å². The molecule has 0 radical (unpaired) electrons. The second-order valence-corrected chi connectivity index (χ2v) is 6.90. The Morgan fingerprint density at radius 3 is 2.55 bits per heavy atom. The van der Waals surface area contributed by atoms with Crippen LogP contribution in [0.2, 0.25) is 0 Å². The Balaban J connectivity index is 1.81. The second-order valence-electron chi connectivity index (χ2n) is 6.05. The molecule has 1 fully saturated rings. The molecule has 0 aliphatic heterocycles. The highest BCUT2D eigenvalue weighted by Gasteiger charge is 2.33. The van der Waals surface area contributed by atoms with E-state index in [2.05, 4.69) is 53.2 Å². The van der Waals surface area contributed by atoms with Crippen molar-refractivity contribution in [2.45, 2.75) is 32.9 Å². The zero-order valence-electron chi connectivity index (χ0n) is 12.8. The lowest BCUT2D eigenvalue weighted by Gasteiger charge is -2.24. The van der Waals surface area contributed by atoms with E-state index in [0.29, 0.717) is 13.1 Å². The third-order valence-electron chi connectivity index (χ3n) is 4.02. The van der Waals surface area contributed by atoms with Gasteiger partial charge in [0.2, 0.25) is 5.91 Å². The van der Waals surface area contributed by atoms with E-state index in [4.69, 9.17) is 0 Å². The van der Waals surface area contributed by atoms with Gasteiger partial charge in [0.15, 0.2) is 0 Å². The number of carbonyl (C=O) groups is 1. The molecule has 2 nitrogen and oxygen atoms in total. The molecule has 0 spiro atoms. The quantitative estimate of drug-likeness (QED) is 0.759. The summed E-state index contributed by atoms with van der Waals surface area (Å²) in [4.78, 5) is 14.6. The van der Waals surface area contributed by atoms with Gasteiger partial charge >= 0.3 is 0 Å². The van der Waals surface area contributed by atoms with Gasteiger partial charge in [0.05, 0.1) is 0 Å². The molecule has 0 aromatic heterocycles. The summed E-state index contributed by atoms with van der Waals surface area (Å²) >= 11 is 3.61. The minimum Gasteiger partial charge on any atom is -0.334 e. The summed E-state index contributed by atoms with van der Waals surface area (Å²) < 4.78 is 1.07. The molecule has 0 unspecified atom stereocenters. The predicted octanol–water partition coefficient (Wildman–Crippen LogP) is 4.70. The molecular weight excluding hydrogens is 338 g/mol. The molecule has 0 bridgehead atoms. The highest BCUT2D eigenvalue weighted by molar-refractivity contribution is 9.10. The van der Waals surface area contributed by atoms with Crippen molar-refractivity contribution >= 4 is 21.8 Å². The fourth-order valence-electron chi connectivity index (χ4n) is 2.63. The van der Waals surface area contributed by atoms with E-state index in [0.717, 1.165) is 17.3 Å². The number of nitrogens with zero attached hydrogens (tertiary/aromatic N) is 1. The third kappa shape index (κ3) is 3.77. The Hall–Kier alpha value is -1.61. The zero-order valence-corrected chi connectivity index (χ0v) is 14.3. The largest absolute Gasteiger partial charge is 0.334 e. The minimum absolute atomic E-state index is 0.243. The van der Waals surface area contributed by atoms with Crippen LogP contribution in [0.4, 0.5) is 0 Å². The van der Waals surface area contributed by atoms with Crippen molar-refractivity contribution in [3.63, 3.8) is 0 Å². The maximum atomic E-state index is 12.6. The number of amides is 1. The lowest BCUT2D eigenvalue weighted by Crippen LogP contribution is -2.31. The summed E-state index contributed by atoms with van der Waals surface area (Å²) in [5.74, 6) is 0.532. The van der Waals surface area contributed by atoms with Crippen LogP contribution in [0.15, 0.2) is 53.0 Å². The van der Waals surface area contributed by atoms with Crippen LogP contribution in [0, 0.1) is 12.8 Å². The SMILES string of the molecule is Cc1ccc(Br)c(CN(Cc2ccccc2)C(=O)C2CC2)c1. The number of halogens is 1. The van der Waals surface area contributed by atoms with Crippen molar-refractivity contribution < 1.29 is 4.79 Å². The average molecular weight is 358 g/mol. The van der Waals surface area contributed by atoms with Crippen molar-refractivity contribution in [3.8, 4) is 0 Å². The molecule has 1 saturated carbocycles. The maximum Gasteiger partial charge on any atom is 0.226 e. The Labute approximate surface area is 140 Å². The average Bonchev–Trinajstić information content (AvgIpc) is 3.35. The van der Waals surface area contributed by atoms with E-state index in [9.17, 15) is 4.79 Å². The first-order chi connectivity index (χ1) is 10.6. The molecule has 2 aromatic rings. The second kappa shape index (κ2) is 6.66. The zero-order chi connectivity index (χ0) is 15.5. The van der Waals surface area contributed by atoms with E-state index >= 15 is 0 Å². The van der Waals surface area contributed by atoms with Gasteiger partial charge in [0.25, 0.3) is 0 Å². The lowest BCUT2D eigenvalue weighted by atomic mass is 10.1. The van der Waals surface area contributed by atoms with E-state index in [1.54, 1.807) is 0 Å². The number of rotatable bonds is 5. The standard InChI is InChI=1S/C19H20BrNO/c1-14-7-10-18(20)17(11-14)13-21(19(22)16-8-9-16)12-15-5-3-2-4-6-15/h2-7,10-11,16H,8-9,12-13H2,1H3. The Bertz CT molecular complexity index is 664. The van der Waals surface area contributed by atoms with Crippen LogP contribution in [-0.4, -0.2) is 10.8 Å². The highest BCUT2D eigenvalue weighted by atomic mass is 79.9. The number of aryl methyl sites for hydroxylation is 1. The molecule has 3 rings (SSSR count). The van der Waals surface area contributed by atoms with Gasteiger partial charge in [0, 0.05) is 23.5 Å². The Kier molecular flexibility index (Phi) is 4.63. The van der Waals surface area contributed by atoms with E-state index in [-0.39, 0.29) is 11.8 Å². The predicted molar refractivity (Wildman–Crippen MR) is 92.3 cm³/mol. The fourth-order valence-corrected chi connectivity index (χ4v) is 3.01. The van der Waals surface area contributed by atoms with Gasteiger partial charge in [-0.2, -0.15) is 0 Å². The summed E-state index contributed by atoms with van der Waals surface area (Å²) in [6, 6.07) is 16.5. The third-order valence-corrected chi connectivity index (χ3v) is 4.79. The van der Waals surface area contributed by atoms with Gasteiger partial charge in [-0.1, -0.05) is 64.0 Å². The first kappa shape index (κ1) is 15.3. The smallest absolute Gasteiger partial charge is 0.226 e. The van der Waals surface area contributed by atoms with Gasteiger partial charge in [0.1, 0.15) is 0 Å². The van der Waals surface area contributed by atoms with Crippen LogP contribution in [-0.2, 0) is 17.9 Å². The van der Waals surface area contributed by atoms with Crippen LogP contribution >= 0.6 is 15.9 Å². The van der Waals surface area contributed by atoms with Gasteiger partial charge in [-0.3, -0.25) is 4.79 Å². The molecule has 3 heteroatoms. The monoisotopic (exact) mass is 357 g/mol. The Morgan fingerprint density at radius 1 is 1.14 bits per heavy atom. The van der Waals surface area contributed by atoms with Crippen molar-refractivity contribution in [2.24, 2.45) is 5.92 Å². The molecule has 1 aliphatic carbocycles. The van der Waals surface area contributed by atoms with Crippen molar-refractivity contribution in [1.29, 1.82) is 0 Å². The molecule has 0 saturated heterocycles. The fraction of sp³-hybridized carbons (Fsp3) is 0.316. The molecule has 0 atom stereocenters. The molecule has 0 N–H and O–H groups in total. The molecule has 2 aromatic carbocycles. The molecule has 1 aliphatic rings. The lowest BCUT2D eigenvalue weighted by molar-refractivity contribution is -0.133. The van der Waals surface area contributed by atoms with E-state index in [1.165, 1.54) is 16.7 Å². The molecule has 114 valence electrons. The number of hydrogen-bond acceptors (Lipinski definition) is 1. The molecule has 0 heterocycles. The highest BCUT2D eigenvalue weighted by Crippen LogP contribution is 2.32. The van der Waals surface area contributed by atoms with Crippen molar-refractivity contribution in [1.82, 2.24) is 4.90 Å². The first-order valence-corrected chi connectivity index (χ1v) is 8.50. The van der Waals surface area contributed by atoms with E-state index < -0.39 is 0 Å². The van der Waals surface area contributed by atoms with Crippen LogP contribution in [0.1, 0.15) is 29.5 Å².